The summed E-state index contributed by atoms with van der Waals surface area (Å²) in [6.07, 6.45) is 5.58. The lowest BCUT2D eigenvalue weighted by Crippen LogP contribution is -2.11. The number of Topliss-reactive ketones (excluding diaryl/α,β-unsaturated/α-hetero) is 1. The van der Waals surface area contributed by atoms with Crippen LogP contribution < -0.4 is 0 Å². The van der Waals surface area contributed by atoms with Crippen molar-refractivity contribution in [1.82, 2.24) is 4.98 Å². The fourth-order valence-electron chi connectivity index (χ4n) is 4.41. The molecular weight excluding hydrogens is 456 g/mol. The van der Waals surface area contributed by atoms with Crippen molar-refractivity contribution < 1.29 is 28.5 Å². The molecule has 1 fully saturated rings. The number of hydrogen-bond donors (Lipinski definition) is 2. The van der Waals surface area contributed by atoms with Crippen molar-refractivity contribution in [2.24, 2.45) is 0 Å². The zero-order chi connectivity index (χ0) is 24.9. The van der Waals surface area contributed by atoms with E-state index in [9.17, 15) is 23.4 Å². The first kappa shape index (κ1) is 26.0. The molecule has 3 rings (SSSR count). The van der Waals surface area contributed by atoms with Gasteiger partial charge in [-0.15, -0.1) is 0 Å². The van der Waals surface area contributed by atoms with Gasteiger partial charge in [-0.05, 0) is 54.2 Å². The molecule has 1 atom stereocenters. The maximum absolute atomic E-state index is 13.6. The zero-order valence-electron chi connectivity index (χ0n) is 19.5. The first-order chi connectivity index (χ1) is 16.1. The molecule has 1 aliphatic carbocycles. The molecule has 1 aromatic carbocycles. The zero-order valence-corrected chi connectivity index (χ0v) is 20.4. The molecule has 6 nitrogen and oxygen atoms in total. The van der Waals surface area contributed by atoms with Crippen molar-refractivity contribution in [2.75, 3.05) is 6.16 Å². The number of pyridine rings is 1. The van der Waals surface area contributed by atoms with E-state index in [0.717, 1.165) is 54.0 Å². The van der Waals surface area contributed by atoms with Crippen LogP contribution in [0.2, 0.25) is 0 Å². The molecule has 8 heteroatoms. The van der Waals surface area contributed by atoms with Crippen molar-refractivity contribution in [3.8, 4) is 11.1 Å². The van der Waals surface area contributed by atoms with E-state index >= 15 is 0 Å². The minimum absolute atomic E-state index is 0.00843. The third kappa shape index (κ3) is 6.94. The summed E-state index contributed by atoms with van der Waals surface area (Å²) in [5.41, 5.74) is 3.92. The molecule has 0 spiro atoms. The molecule has 34 heavy (non-hydrogen) atoms. The summed E-state index contributed by atoms with van der Waals surface area (Å²) >= 11 is 0. The van der Waals surface area contributed by atoms with Gasteiger partial charge < -0.3 is 10.00 Å². The van der Waals surface area contributed by atoms with E-state index < -0.39 is 31.7 Å². The van der Waals surface area contributed by atoms with Gasteiger partial charge in [0.05, 0.1) is 11.9 Å². The second-order valence-corrected chi connectivity index (χ2v) is 11.4. The predicted molar refractivity (Wildman–Crippen MR) is 131 cm³/mol. The van der Waals surface area contributed by atoms with E-state index in [1.807, 2.05) is 19.9 Å². The highest BCUT2D eigenvalue weighted by Crippen LogP contribution is 2.44. The first-order valence-corrected chi connectivity index (χ1v) is 13.5. The molecule has 0 radical (unpaired) electrons. The molecule has 1 aliphatic rings. The van der Waals surface area contributed by atoms with Crippen LogP contribution in [0.5, 0.6) is 0 Å². The molecule has 0 bridgehead atoms. The van der Waals surface area contributed by atoms with E-state index in [2.05, 4.69) is 0 Å². The number of rotatable bonds is 9. The first-order valence-electron chi connectivity index (χ1n) is 11.6. The Bertz CT molecular complexity index is 1120. The average molecular weight is 488 g/mol. The molecule has 0 aliphatic heterocycles. The van der Waals surface area contributed by atoms with Gasteiger partial charge in [-0.25, -0.2) is 4.39 Å². The Labute approximate surface area is 199 Å². The van der Waals surface area contributed by atoms with Crippen LogP contribution in [0.3, 0.4) is 0 Å². The fraction of sp³-hybridized carbons (Fsp3) is 0.423. The Morgan fingerprint density at radius 3 is 2.41 bits per heavy atom. The minimum Gasteiger partial charge on any atom is -0.481 e. The van der Waals surface area contributed by atoms with Crippen molar-refractivity contribution in [3.05, 3.63) is 58.9 Å². The van der Waals surface area contributed by atoms with Crippen LogP contribution in [-0.2, 0) is 14.2 Å². The van der Waals surface area contributed by atoms with Gasteiger partial charge in [-0.1, -0.05) is 45.2 Å². The predicted octanol–water partition coefficient (Wildman–Crippen LogP) is 6.34. The number of carbonyl (C=O) groups is 2. The standard InChI is InChI=1S/C26H31FNO5P/c1-17(2)26-22(12-13-34(32,33)16-21(29)14-25(30)31)23(18-8-10-20(27)11-9-18)15-24(28-26)19-6-4-3-5-7-19/h8-13,15,17,19H,3-7,14,16H2,1-2H3,(H,30,31)(H,32,33). The SMILES string of the molecule is CC(C)c1nc(C2CCCCC2)cc(-c2ccc(F)cc2)c1C=CP(=O)(O)CC(=O)CC(=O)O. The number of nitrogens with zero attached hydrogens (tertiary/aromatic N) is 1. The van der Waals surface area contributed by atoms with Crippen LogP contribution in [0.15, 0.2) is 36.1 Å². The molecule has 0 saturated heterocycles. The normalized spacial score (nSPS) is 16.6. The summed E-state index contributed by atoms with van der Waals surface area (Å²) < 4.78 is 26.3. The van der Waals surface area contributed by atoms with E-state index in [4.69, 9.17) is 10.1 Å². The molecule has 1 unspecified atom stereocenters. The number of halogens is 1. The lowest BCUT2D eigenvalue weighted by Gasteiger charge is -2.24. The summed E-state index contributed by atoms with van der Waals surface area (Å²) in [5.74, 6) is -1.07. The highest BCUT2D eigenvalue weighted by Gasteiger charge is 2.24. The number of carboxylic acids is 1. The van der Waals surface area contributed by atoms with Gasteiger partial charge in [0.25, 0.3) is 0 Å². The van der Waals surface area contributed by atoms with Gasteiger partial charge in [0.15, 0.2) is 5.78 Å². The Morgan fingerprint density at radius 1 is 1.18 bits per heavy atom. The Kier molecular flexibility index (Phi) is 8.56. The van der Waals surface area contributed by atoms with Crippen LogP contribution in [-0.4, -0.2) is 32.9 Å². The Hall–Kier alpha value is -2.63. The summed E-state index contributed by atoms with van der Waals surface area (Å²) in [6, 6.07) is 8.09. The van der Waals surface area contributed by atoms with Crippen LogP contribution in [0.1, 0.15) is 81.2 Å². The molecule has 2 N–H and O–H groups in total. The van der Waals surface area contributed by atoms with E-state index in [1.165, 1.54) is 24.6 Å². The number of aliphatic carboxylic acids is 1. The van der Waals surface area contributed by atoms with Crippen molar-refractivity contribution in [2.45, 2.75) is 64.2 Å². The number of ketones is 1. The molecular formula is C26H31FNO5P. The van der Waals surface area contributed by atoms with Crippen LogP contribution >= 0.6 is 7.37 Å². The quantitative estimate of drug-likeness (QED) is 0.316. The maximum atomic E-state index is 13.6. The third-order valence-electron chi connectivity index (χ3n) is 6.06. The van der Waals surface area contributed by atoms with E-state index in [0.29, 0.717) is 11.5 Å². The number of aromatic nitrogens is 1. The van der Waals surface area contributed by atoms with Crippen molar-refractivity contribution >= 4 is 25.2 Å². The second kappa shape index (κ2) is 11.2. The average Bonchev–Trinajstić information content (AvgIpc) is 2.77. The number of carboxylic acid groups (broad SMARTS) is 1. The van der Waals surface area contributed by atoms with Crippen LogP contribution in [0.25, 0.3) is 17.2 Å². The fourth-order valence-corrected chi connectivity index (χ4v) is 5.51. The number of carbonyl (C=O) groups excluding carboxylic acids is 1. The third-order valence-corrected chi connectivity index (χ3v) is 7.48. The maximum Gasteiger partial charge on any atom is 0.310 e. The highest BCUT2D eigenvalue weighted by atomic mass is 31.2. The molecule has 1 saturated carbocycles. The summed E-state index contributed by atoms with van der Waals surface area (Å²) in [4.78, 5) is 37.8. The van der Waals surface area contributed by atoms with E-state index in [1.54, 1.807) is 12.1 Å². The Morgan fingerprint density at radius 2 is 1.82 bits per heavy atom. The Balaban J connectivity index is 2.09. The summed E-state index contributed by atoms with van der Waals surface area (Å²) in [6.45, 7) is 3.99. The van der Waals surface area contributed by atoms with Crippen molar-refractivity contribution in [1.29, 1.82) is 0 Å². The van der Waals surface area contributed by atoms with E-state index in [-0.39, 0.29) is 11.7 Å². The van der Waals surface area contributed by atoms with Gasteiger partial charge in [-0.3, -0.25) is 19.1 Å². The van der Waals surface area contributed by atoms with Gasteiger partial charge in [-0.2, -0.15) is 0 Å². The van der Waals surface area contributed by atoms with Gasteiger partial charge in [0, 0.05) is 23.0 Å². The monoisotopic (exact) mass is 487 g/mol. The molecule has 182 valence electrons. The molecule has 1 aromatic heterocycles. The summed E-state index contributed by atoms with van der Waals surface area (Å²) in [7, 11) is -4.06. The van der Waals surface area contributed by atoms with Crippen LogP contribution in [0.4, 0.5) is 4.39 Å². The summed E-state index contributed by atoms with van der Waals surface area (Å²) in [5, 5.41) is 8.76. The smallest absolute Gasteiger partial charge is 0.310 e. The largest absolute Gasteiger partial charge is 0.481 e. The number of hydrogen-bond acceptors (Lipinski definition) is 4. The van der Waals surface area contributed by atoms with Gasteiger partial charge in [0.1, 0.15) is 12.2 Å². The highest BCUT2D eigenvalue weighted by molar-refractivity contribution is 7.62. The second-order valence-electron chi connectivity index (χ2n) is 9.23. The van der Waals surface area contributed by atoms with Gasteiger partial charge >= 0.3 is 5.97 Å². The molecule has 1 heterocycles. The molecule has 2 aromatic rings. The van der Waals surface area contributed by atoms with Gasteiger partial charge in [0.2, 0.25) is 7.37 Å². The topological polar surface area (TPSA) is 105 Å². The molecule has 0 amide bonds. The lowest BCUT2D eigenvalue weighted by atomic mass is 9.84. The lowest BCUT2D eigenvalue weighted by molar-refractivity contribution is -0.139. The van der Waals surface area contributed by atoms with Crippen LogP contribution in [0, 0.1) is 5.82 Å². The minimum atomic E-state index is -4.06. The number of benzene rings is 1. The van der Waals surface area contributed by atoms with Crippen molar-refractivity contribution in [3.63, 3.8) is 0 Å².